The van der Waals surface area contributed by atoms with Crippen molar-refractivity contribution < 1.29 is 14.2 Å². The highest BCUT2D eigenvalue weighted by atomic mass is 16.7. The van der Waals surface area contributed by atoms with Crippen LogP contribution in [0.15, 0.2) is 6.33 Å². The first-order chi connectivity index (χ1) is 10.7. The van der Waals surface area contributed by atoms with Crippen LogP contribution in [-0.2, 0) is 9.47 Å². The third-order valence-corrected chi connectivity index (χ3v) is 4.20. The molecule has 3 N–H and O–H groups in total. The Balaban J connectivity index is 1.43. The van der Waals surface area contributed by atoms with Gasteiger partial charge in [-0.15, -0.1) is 0 Å². The molecule has 0 radical (unpaired) electrons. The standard InChI is InChI=1S/C14H19N5O3/c15-13-18-11-10(16-8-17-11)12(19-13)20-6-9-7-21-14(22-9)4-2-1-3-5-14/h8-9H,1-7H2,(H3,15,16,17,18,19)/t9-/m1/s1. The fourth-order valence-corrected chi connectivity index (χ4v) is 3.15. The van der Waals surface area contributed by atoms with Crippen LogP contribution in [0.2, 0.25) is 0 Å². The quantitative estimate of drug-likeness (QED) is 0.882. The first kappa shape index (κ1) is 13.7. The van der Waals surface area contributed by atoms with Crippen molar-refractivity contribution in [3.8, 4) is 5.88 Å². The molecule has 1 saturated heterocycles. The van der Waals surface area contributed by atoms with Crippen molar-refractivity contribution in [2.45, 2.75) is 44.0 Å². The lowest BCUT2D eigenvalue weighted by atomic mass is 9.94. The zero-order chi connectivity index (χ0) is 15.0. The number of rotatable bonds is 3. The number of H-pyrrole nitrogens is 1. The molecule has 8 heteroatoms. The molecule has 1 aliphatic carbocycles. The Hall–Kier alpha value is -1.93. The van der Waals surface area contributed by atoms with Crippen LogP contribution in [0.1, 0.15) is 32.1 Å². The molecule has 0 bridgehead atoms. The molecule has 0 unspecified atom stereocenters. The number of aromatic nitrogens is 4. The minimum Gasteiger partial charge on any atom is -0.473 e. The van der Waals surface area contributed by atoms with Gasteiger partial charge in [-0.3, -0.25) is 0 Å². The minimum atomic E-state index is -0.389. The fourth-order valence-electron chi connectivity index (χ4n) is 3.15. The predicted molar refractivity (Wildman–Crippen MR) is 78.2 cm³/mol. The summed E-state index contributed by atoms with van der Waals surface area (Å²) in [5, 5.41) is 0. The number of fused-ring (bicyclic) bond motifs is 1. The Kier molecular flexibility index (Phi) is 3.34. The molecule has 3 heterocycles. The molecule has 1 atom stereocenters. The van der Waals surface area contributed by atoms with Gasteiger partial charge in [-0.2, -0.15) is 9.97 Å². The van der Waals surface area contributed by atoms with E-state index in [1.54, 1.807) is 0 Å². The molecule has 0 aromatic carbocycles. The van der Waals surface area contributed by atoms with Gasteiger partial charge < -0.3 is 24.9 Å². The van der Waals surface area contributed by atoms with Gasteiger partial charge in [0.1, 0.15) is 18.2 Å². The zero-order valence-electron chi connectivity index (χ0n) is 12.2. The number of hydrogen-bond donors (Lipinski definition) is 2. The lowest BCUT2D eigenvalue weighted by Crippen LogP contribution is -2.34. The number of aromatic amines is 1. The van der Waals surface area contributed by atoms with Crippen molar-refractivity contribution in [1.29, 1.82) is 0 Å². The summed E-state index contributed by atoms with van der Waals surface area (Å²) in [6.45, 7) is 0.916. The summed E-state index contributed by atoms with van der Waals surface area (Å²) >= 11 is 0. The Bertz CT molecular complexity index is 668. The van der Waals surface area contributed by atoms with Gasteiger partial charge >= 0.3 is 0 Å². The average Bonchev–Trinajstić information content (AvgIpc) is 3.13. The third-order valence-electron chi connectivity index (χ3n) is 4.20. The molecule has 2 aliphatic rings. The number of imidazole rings is 1. The van der Waals surface area contributed by atoms with Crippen molar-refractivity contribution in [3.05, 3.63) is 6.33 Å². The Morgan fingerprint density at radius 1 is 1.32 bits per heavy atom. The average molecular weight is 305 g/mol. The van der Waals surface area contributed by atoms with Gasteiger partial charge in [-0.1, -0.05) is 6.42 Å². The molecular weight excluding hydrogens is 286 g/mol. The smallest absolute Gasteiger partial charge is 0.245 e. The summed E-state index contributed by atoms with van der Waals surface area (Å²) in [6, 6.07) is 0. The van der Waals surface area contributed by atoms with Crippen LogP contribution in [-0.4, -0.2) is 45.0 Å². The minimum absolute atomic E-state index is 0.0905. The maximum atomic E-state index is 6.09. The summed E-state index contributed by atoms with van der Waals surface area (Å²) in [6.07, 6.45) is 6.96. The molecule has 1 spiro atoms. The summed E-state index contributed by atoms with van der Waals surface area (Å²) in [7, 11) is 0. The first-order valence-electron chi connectivity index (χ1n) is 7.65. The number of nitrogens with one attached hydrogen (secondary N) is 1. The molecule has 1 saturated carbocycles. The van der Waals surface area contributed by atoms with Gasteiger partial charge in [0.05, 0.1) is 12.9 Å². The number of nitrogens with zero attached hydrogens (tertiary/aromatic N) is 3. The molecule has 2 fully saturated rings. The lowest BCUT2D eigenvalue weighted by Gasteiger charge is -2.31. The van der Waals surface area contributed by atoms with E-state index in [1.807, 2.05) is 0 Å². The highest BCUT2D eigenvalue weighted by Gasteiger charge is 2.42. The molecule has 2 aromatic heterocycles. The van der Waals surface area contributed by atoms with Crippen LogP contribution in [0.3, 0.4) is 0 Å². The highest BCUT2D eigenvalue weighted by Crippen LogP contribution is 2.37. The SMILES string of the molecule is Nc1nc(OC[C@@H]2COC3(CCCCC3)O2)c2[nH]cnc2n1. The van der Waals surface area contributed by atoms with Gasteiger partial charge in [-0.25, -0.2) is 4.98 Å². The van der Waals surface area contributed by atoms with Gasteiger partial charge in [0.15, 0.2) is 11.4 Å². The highest BCUT2D eigenvalue weighted by molar-refractivity contribution is 5.76. The molecule has 1 aliphatic heterocycles. The fraction of sp³-hybridized carbons (Fsp3) is 0.643. The van der Waals surface area contributed by atoms with Crippen LogP contribution in [0.5, 0.6) is 5.88 Å². The molecule has 4 rings (SSSR count). The van der Waals surface area contributed by atoms with Crippen molar-refractivity contribution in [2.24, 2.45) is 0 Å². The van der Waals surface area contributed by atoms with E-state index in [4.69, 9.17) is 19.9 Å². The van der Waals surface area contributed by atoms with Gasteiger partial charge in [0, 0.05) is 12.8 Å². The molecule has 8 nitrogen and oxygen atoms in total. The van der Waals surface area contributed by atoms with E-state index >= 15 is 0 Å². The molecule has 0 amide bonds. The van der Waals surface area contributed by atoms with Crippen molar-refractivity contribution in [3.63, 3.8) is 0 Å². The summed E-state index contributed by atoms with van der Waals surface area (Å²) in [5.74, 6) is 0.149. The largest absolute Gasteiger partial charge is 0.473 e. The van der Waals surface area contributed by atoms with E-state index < -0.39 is 0 Å². The molecule has 118 valence electrons. The Morgan fingerprint density at radius 2 is 2.18 bits per heavy atom. The Labute approximate surface area is 127 Å². The van der Waals surface area contributed by atoms with Crippen LogP contribution in [0.4, 0.5) is 5.95 Å². The van der Waals surface area contributed by atoms with Crippen LogP contribution in [0.25, 0.3) is 11.2 Å². The summed E-state index contributed by atoms with van der Waals surface area (Å²) < 4.78 is 17.8. The van der Waals surface area contributed by atoms with E-state index in [2.05, 4.69) is 19.9 Å². The van der Waals surface area contributed by atoms with Crippen molar-refractivity contribution in [1.82, 2.24) is 19.9 Å². The molecular formula is C14H19N5O3. The number of nitrogen functional groups attached to an aromatic ring is 1. The van der Waals surface area contributed by atoms with E-state index in [0.717, 1.165) is 25.7 Å². The normalized spacial score (nSPS) is 24.1. The van der Waals surface area contributed by atoms with Gasteiger partial charge in [0.2, 0.25) is 11.8 Å². The number of anilines is 1. The van der Waals surface area contributed by atoms with E-state index in [-0.39, 0.29) is 17.8 Å². The van der Waals surface area contributed by atoms with Gasteiger partial charge in [0.25, 0.3) is 0 Å². The lowest BCUT2D eigenvalue weighted by molar-refractivity contribution is -0.189. The van der Waals surface area contributed by atoms with Crippen LogP contribution in [0, 0.1) is 0 Å². The molecule has 2 aromatic rings. The number of nitrogens with two attached hydrogens (primary N) is 1. The monoisotopic (exact) mass is 305 g/mol. The van der Waals surface area contributed by atoms with Crippen LogP contribution < -0.4 is 10.5 Å². The first-order valence-corrected chi connectivity index (χ1v) is 7.65. The van der Waals surface area contributed by atoms with E-state index in [0.29, 0.717) is 30.3 Å². The number of hydrogen-bond acceptors (Lipinski definition) is 7. The predicted octanol–water partition coefficient (Wildman–Crippen LogP) is 1.39. The molecule has 22 heavy (non-hydrogen) atoms. The van der Waals surface area contributed by atoms with Crippen LogP contribution >= 0.6 is 0 Å². The van der Waals surface area contributed by atoms with Gasteiger partial charge in [-0.05, 0) is 12.8 Å². The topological polar surface area (TPSA) is 108 Å². The zero-order valence-corrected chi connectivity index (χ0v) is 12.2. The number of ether oxygens (including phenoxy) is 3. The third kappa shape index (κ3) is 2.48. The van der Waals surface area contributed by atoms with E-state index in [1.165, 1.54) is 12.7 Å². The van der Waals surface area contributed by atoms with Crippen molar-refractivity contribution in [2.75, 3.05) is 18.9 Å². The van der Waals surface area contributed by atoms with Crippen molar-refractivity contribution >= 4 is 17.1 Å². The maximum Gasteiger partial charge on any atom is 0.245 e. The summed E-state index contributed by atoms with van der Waals surface area (Å²) in [5.41, 5.74) is 6.80. The second kappa shape index (κ2) is 5.36. The second-order valence-electron chi connectivity index (χ2n) is 5.82. The van der Waals surface area contributed by atoms with E-state index in [9.17, 15) is 0 Å². The summed E-state index contributed by atoms with van der Waals surface area (Å²) in [4.78, 5) is 15.2. The maximum absolute atomic E-state index is 6.09. The second-order valence-corrected chi connectivity index (χ2v) is 5.82. The Morgan fingerprint density at radius 3 is 3.05 bits per heavy atom.